The lowest BCUT2D eigenvalue weighted by molar-refractivity contribution is 0.0847. The minimum atomic E-state index is -0.207. The second-order valence-electron chi connectivity index (χ2n) is 7.64. The van der Waals surface area contributed by atoms with Gasteiger partial charge in [0, 0.05) is 41.5 Å². The van der Waals surface area contributed by atoms with Gasteiger partial charge in [-0.05, 0) is 36.6 Å². The van der Waals surface area contributed by atoms with Gasteiger partial charge in [-0.3, -0.25) is 4.79 Å². The molecule has 1 aliphatic rings. The summed E-state index contributed by atoms with van der Waals surface area (Å²) < 4.78 is 5.50. The number of ketones is 1. The fraction of sp³-hybridized carbons (Fsp3) is 0.304. The smallest absolute Gasteiger partial charge is 0.188 e. The zero-order valence-corrected chi connectivity index (χ0v) is 15.9. The number of Topliss-reactive ketones (excluding diaryl/α,β-unsaturated/α-hetero) is 1. The molecule has 2 aromatic carbocycles. The van der Waals surface area contributed by atoms with Crippen LogP contribution >= 0.6 is 0 Å². The maximum absolute atomic E-state index is 13.0. The number of carbonyl (C=O) groups excluding carboxylic acids is 1. The summed E-state index contributed by atoms with van der Waals surface area (Å²) in [6.45, 7) is 3.56. The first-order valence-corrected chi connectivity index (χ1v) is 9.88. The van der Waals surface area contributed by atoms with Crippen LogP contribution in [0.4, 0.5) is 0 Å². The molecule has 0 spiro atoms. The topological polar surface area (TPSA) is 70.8 Å². The number of ether oxygens (including phenoxy) is 1. The molecule has 5 nitrogen and oxygen atoms in total. The van der Waals surface area contributed by atoms with Crippen LogP contribution in [0.25, 0.3) is 21.8 Å². The van der Waals surface area contributed by atoms with Crippen molar-refractivity contribution in [3.8, 4) is 0 Å². The molecule has 2 N–H and O–H groups in total. The van der Waals surface area contributed by atoms with Crippen LogP contribution in [0, 0.1) is 0 Å². The van der Waals surface area contributed by atoms with E-state index in [1.807, 2.05) is 49.4 Å². The molecule has 5 rings (SSSR count). The van der Waals surface area contributed by atoms with Gasteiger partial charge in [0.15, 0.2) is 5.78 Å². The summed E-state index contributed by atoms with van der Waals surface area (Å²) in [5, 5.41) is 8.82. The Labute approximate surface area is 163 Å². The highest BCUT2D eigenvalue weighted by atomic mass is 16.5. The zero-order chi connectivity index (χ0) is 19.1. The minimum Gasteiger partial charge on any atom is -0.381 e. The van der Waals surface area contributed by atoms with Crippen LogP contribution in [0.5, 0.6) is 0 Å². The molecule has 1 aliphatic heterocycles. The molecule has 0 saturated carbocycles. The molecular formula is C23H23N3O2. The van der Waals surface area contributed by atoms with Gasteiger partial charge in [-0.2, -0.15) is 0 Å². The maximum atomic E-state index is 13.0. The largest absolute Gasteiger partial charge is 0.381 e. The fourth-order valence-corrected chi connectivity index (χ4v) is 4.20. The highest BCUT2D eigenvalue weighted by molar-refractivity contribution is 6.05. The van der Waals surface area contributed by atoms with Crippen LogP contribution in [-0.4, -0.2) is 34.2 Å². The first-order valence-electron chi connectivity index (χ1n) is 9.88. The summed E-state index contributed by atoms with van der Waals surface area (Å²) in [7, 11) is 0. The Hall–Kier alpha value is -2.92. The highest BCUT2D eigenvalue weighted by Gasteiger charge is 2.22. The first-order chi connectivity index (χ1) is 13.7. The lowest BCUT2D eigenvalue weighted by Crippen LogP contribution is -2.14. The van der Waals surface area contributed by atoms with E-state index in [0.29, 0.717) is 11.6 Å². The third-order valence-corrected chi connectivity index (χ3v) is 5.90. The van der Waals surface area contributed by atoms with Crippen molar-refractivity contribution in [3.63, 3.8) is 0 Å². The standard InChI is InChI=1S/C23H23N3O2/c1-14(15-5-3-2-4-6-15)23(27)21-12-17-11-18-20(13-19(17)24-21)25-26-22(18)16-7-9-28-10-8-16/h2-6,11-14,16,25-26H,7-10H2,1H3/t14-/m1/s1. The lowest BCUT2D eigenvalue weighted by Gasteiger charge is -2.21. The van der Waals surface area contributed by atoms with Gasteiger partial charge in [0.2, 0.25) is 0 Å². The molecule has 4 aromatic rings. The predicted octanol–water partition coefficient (Wildman–Crippen LogP) is 4.92. The van der Waals surface area contributed by atoms with E-state index in [4.69, 9.17) is 4.74 Å². The van der Waals surface area contributed by atoms with Gasteiger partial charge in [0.05, 0.1) is 11.0 Å². The second-order valence-corrected chi connectivity index (χ2v) is 7.64. The van der Waals surface area contributed by atoms with Gasteiger partial charge in [-0.15, -0.1) is 0 Å². The molecule has 5 heteroatoms. The van der Waals surface area contributed by atoms with E-state index in [2.05, 4.69) is 21.2 Å². The number of aromatic nitrogens is 3. The van der Waals surface area contributed by atoms with Crippen molar-refractivity contribution in [2.75, 3.05) is 13.2 Å². The summed E-state index contributed by atoms with van der Waals surface area (Å²) in [6, 6.07) is 16.0. The molecule has 142 valence electrons. The van der Waals surface area contributed by atoms with Gasteiger partial charge in [0.25, 0.3) is 0 Å². The molecule has 0 unspecified atom stereocenters. The Morgan fingerprint density at radius 1 is 1.11 bits per heavy atom. The van der Waals surface area contributed by atoms with Crippen LogP contribution in [0.15, 0.2) is 48.5 Å². The number of nitrogens with zero attached hydrogens (tertiary/aromatic N) is 1. The SMILES string of the molecule is C[C@@H](C(=O)c1cc2cc3c(C4CCOCC4)[nH][nH]c3cc2n1)c1ccccc1. The van der Waals surface area contributed by atoms with E-state index in [1.54, 1.807) is 0 Å². The molecule has 0 radical (unpaired) electrons. The van der Waals surface area contributed by atoms with E-state index in [1.165, 1.54) is 11.1 Å². The quantitative estimate of drug-likeness (QED) is 0.499. The van der Waals surface area contributed by atoms with Gasteiger partial charge in [-0.25, -0.2) is 4.98 Å². The molecule has 1 saturated heterocycles. The average molecular weight is 373 g/mol. The van der Waals surface area contributed by atoms with Gasteiger partial charge in [0.1, 0.15) is 5.69 Å². The van der Waals surface area contributed by atoms with Crippen molar-refractivity contribution < 1.29 is 9.53 Å². The van der Waals surface area contributed by atoms with Crippen LogP contribution in [0.2, 0.25) is 0 Å². The summed E-state index contributed by atoms with van der Waals surface area (Å²) in [6.07, 6.45) is 2.05. The first kappa shape index (κ1) is 17.2. The van der Waals surface area contributed by atoms with Gasteiger partial charge in [-0.1, -0.05) is 37.3 Å². The Balaban J connectivity index is 1.51. The number of hydrogen-bond donors (Lipinski definition) is 2. The Morgan fingerprint density at radius 2 is 1.89 bits per heavy atom. The normalized spacial score (nSPS) is 16.6. The number of carbonyl (C=O) groups is 1. The van der Waals surface area contributed by atoms with E-state index >= 15 is 0 Å². The average Bonchev–Trinajstić information content (AvgIpc) is 3.35. The van der Waals surface area contributed by atoms with E-state index in [9.17, 15) is 4.79 Å². The van der Waals surface area contributed by atoms with Gasteiger partial charge < -0.3 is 14.9 Å². The van der Waals surface area contributed by atoms with E-state index in [0.717, 1.165) is 48.0 Å². The molecular weight excluding hydrogens is 350 g/mol. The number of rotatable bonds is 4. The predicted molar refractivity (Wildman–Crippen MR) is 110 cm³/mol. The number of fused-ring (bicyclic) bond motifs is 2. The summed E-state index contributed by atoms with van der Waals surface area (Å²) in [5.74, 6) is 0.325. The second kappa shape index (κ2) is 6.91. The van der Waals surface area contributed by atoms with E-state index in [-0.39, 0.29) is 11.7 Å². The van der Waals surface area contributed by atoms with Crippen molar-refractivity contribution in [2.45, 2.75) is 31.6 Å². The van der Waals surface area contributed by atoms with Crippen molar-refractivity contribution in [1.29, 1.82) is 0 Å². The fourth-order valence-electron chi connectivity index (χ4n) is 4.20. The number of benzene rings is 2. The Bertz CT molecular complexity index is 1140. The zero-order valence-electron chi connectivity index (χ0n) is 15.9. The molecule has 2 aromatic heterocycles. The maximum Gasteiger partial charge on any atom is 0.188 e. The van der Waals surface area contributed by atoms with Crippen molar-refractivity contribution in [2.24, 2.45) is 0 Å². The van der Waals surface area contributed by atoms with Crippen LogP contribution in [0.3, 0.4) is 0 Å². The molecule has 3 heterocycles. The summed E-state index contributed by atoms with van der Waals surface area (Å²) in [5.41, 5.74) is 4.66. The van der Waals surface area contributed by atoms with Crippen molar-refractivity contribution >= 4 is 27.6 Å². The lowest BCUT2D eigenvalue weighted by atomic mass is 9.94. The Morgan fingerprint density at radius 3 is 2.68 bits per heavy atom. The van der Waals surface area contributed by atoms with Crippen LogP contribution in [-0.2, 0) is 4.74 Å². The number of aromatic amines is 2. The molecule has 0 aliphatic carbocycles. The highest BCUT2D eigenvalue weighted by Crippen LogP contribution is 2.33. The van der Waals surface area contributed by atoms with Crippen molar-refractivity contribution in [3.05, 3.63) is 65.5 Å². The minimum absolute atomic E-state index is 0.0577. The monoisotopic (exact) mass is 373 g/mol. The number of hydrogen-bond acceptors (Lipinski definition) is 3. The molecule has 0 amide bonds. The number of H-pyrrole nitrogens is 2. The molecule has 1 atom stereocenters. The van der Waals surface area contributed by atoms with Crippen molar-refractivity contribution in [1.82, 2.24) is 15.2 Å². The van der Waals surface area contributed by atoms with Crippen LogP contribution in [0.1, 0.15) is 53.3 Å². The van der Waals surface area contributed by atoms with Gasteiger partial charge >= 0.3 is 0 Å². The third-order valence-electron chi connectivity index (χ3n) is 5.90. The third kappa shape index (κ3) is 2.92. The molecule has 28 heavy (non-hydrogen) atoms. The Kier molecular flexibility index (Phi) is 4.24. The summed E-state index contributed by atoms with van der Waals surface area (Å²) in [4.78, 5) is 17.6. The molecule has 0 bridgehead atoms. The summed E-state index contributed by atoms with van der Waals surface area (Å²) >= 11 is 0. The van der Waals surface area contributed by atoms with Crippen LogP contribution < -0.4 is 0 Å². The number of nitrogens with one attached hydrogen (secondary N) is 2. The molecule has 1 fully saturated rings. The van der Waals surface area contributed by atoms with E-state index < -0.39 is 0 Å².